The summed E-state index contributed by atoms with van der Waals surface area (Å²) >= 11 is 0. The molecule has 27 heavy (non-hydrogen) atoms. The van der Waals surface area contributed by atoms with Gasteiger partial charge in [-0.25, -0.2) is 27.5 Å². The quantitative estimate of drug-likeness (QED) is 0.740. The molecule has 0 bridgehead atoms. The van der Waals surface area contributed by atoms with Crippen LogP contribution in [0.15, 0.2) is 47.6 Å². The van der Waals surface area contributed by atoms with Gasteiger partial charge in [0.25, 0.3) is 15.9 Å². The first-order chi connectivity index (χ1) is 12.7. The van der Waals surface area contributed by atoms with Gasteiger partial charge in [-0.2, -0.15) is 0 Å². The lowest BCUT2D eigenvalue weighted by Crippen LogP contribution is -2.31. The van der Waals surface area contributed by atoms with E-state index in [2.05, 4.69) is 9.97 Å². The van der Waals surface area contributed by atoms with Crippen LogP contribution in [0.4, 0.5) is 4.39 Å². The molecule has 0 aliphatic carbocycles. The molecule has 1 aromatic carbocycles. The zero-order valence-corrected chi connectivity index (χ0v) is 15.7. The van der Waals surface area contributed by atoms with E-state index in [4.69, 9.17) is 0 Å². The summed E-state index contributed by atoms with van der Waals surface area (Å²) in [6.45, 7) is 3.30. The summed E-state index contributed by atoms with van der Waals surface area (Å²) in [6, 6.07) is 7.69. The van der Waals surface area contributed by atoms with Crippen molar-refractivity contribution in [3.8, 4) is 11.5 Å². The molecule has 0 aliphatic heterocycles. The Morgan fingerprint density at radius 3 is 2.44 bits per heavy atom. The van der Waals surface area contributed by atoms with Crippen molar-refractivity contribution in [1.82, 2.24) is 19.3 Å². The van der Waals surface area contributed by atoms with Gasteiger partial charge < -0.3 is 4.57 Å². The number of nitrogens with zero attached hydrogens (tertiary/aromatic N) is 3. The standard InChI is InChI=1S/C18H17FN4O3S/c1-11-6-4-7-12(2)16(11)27(25,26)22-18(24)14-10-23(3)17(21-14)15-13(19)8-5-9-20-15/h4-10H,1-3H3,(H,22,24). The van der Waals surface area contributed by atoms with Gasteiger partial charge in [0.15, 0.2) is 11.6 Å². The minimum absolute atomic E-state index is 0.0309. The second-order valence-electron chi connectivity index (χ2n) is 6.05. The van der Waals surface area contributed by atoms with Crippen LogP contribution in [-0.4, -0.2) is 28.9 Å². The van der Waals surface area contributed by atoms with Crippen molar-refractivity contribution >= 4 is 15.9 Å². The smallest absolute Gasteiger partial charge is 0.285 e. The van der Waals surface area contributed by atoms with E-state index in [0.717, 1.165) is 0 Å². The number of carbonyl (C=O) groups is 1. The van der Waals surface area contributed by atoms with E-state index >= 15 is 0 Å². The topological polar surface area (TPSA) is 94.0 Å². The number of rotatable bonds is 4. The van der Waals surface area contributed by atoms with E-state index in [1.807, 2.05) is 4.72 Å². The number of aryl methyl sites for hydroxylation is 3. The summed E-state index contributed by atoms with van der Waals surface area (Å²) in [5, 5.41) is 0. The monoisotopic (exact) mass is 388 g/mol. The lowest BCUT2D eigenvalue weighted by molar-refractivity contribution is 0.0977. The highest BCUT2D eigenvalue weighted by molar-refractivity contribution is 7.90. The Morgan fingerprint density at radius 1 is 1.15 bits per heavy atom. The van der Waals surface area contributed by atoms with Crippen LogP contribution in [0.25, 0.3) is 11.5 Å². The number of aromatic nitrogens is 3. The normalized spacial score (nSPS) is 11.4. The number of nitrogens with one attached hydrogen (secondary N) is 1. The van der Waals surface area contributed by atoms with Gasteiger partial charge >= 0.3 is 0 Å². The molecule has 0 saturated heterocycles. The average Bonchev–Trinajstić information content (AvgIpc) is 2.96. The summed E-state index contributed by atoms with van der Waals surface area (Å²) in [6.07, 6.45) is 2.72. The molecule has 3 aromatic rings. The second-order valence-corrected chi connectivity index (χ2v) is 7.67. The molecular formula is C18H17FN4O3S. The van der Waals surface area contributed by atoms with Crippen LogP contribution in [0.1, 0.15) is 21.6 Å². The van der Waals surface area contributed by atoms with Crippen molar-refractivity contribution in [2.75, 3.05) is 0 Å². The Kier molecular flexibility index (Phi) is 4.79. The van der Waals surface area contributed by atoms with Crippen LogP contribution in [-0.2, 0) is 17.1 Å². The maximum absolute atomic E-state index is 13.9. The molecule has 0 saturated carbocycles. The van der Waals surface area contributed by atoms with Crippen LogP contribution in [0.5, 0.6) is 0 Å². The zero-order chi connectivity index (χ0) is 19.8. The average molecular weight is 388 g/mol. The molecule has 1 N–H and O–H groups in total. The number of amides is 1. The highest BCUT2D eigenvalue weighted by Crippen LogP contribution is 2.21. The minimum atomic E-state index is -4.08. The van der Waals surface area contributed by atoms with Crippen LogP contribution in [0.3, 0.4) is 0 Å². The maximum Gasteiger partial charge on any atom is 0.285 e. The lowest BCUT2D eigenvalue weighted by Gasteiger charge is -2.11. The predicted molar refractivity (Wildman–Crippen MR) is 97.0 cm³/mol. The van der Waals surface area contributed by atoms with Gasteiger partial charge in [-0.05, 0) is 37.1 Å². The van der Waals surface area contributed by atoms with Crippen molar-refractivity contribution in [3.05, 3.63) is 65.4 Å². The van der Waals surface area contributed by atoms with E-state index in [0.29, 0.717) is 11.1 Å². The first kappa shape index (κ1) is 18.7. The van der Waals surface area contributed by atoms with Gasteiger partial charge in [-0.1, -0.05) is 18.2 Å². The fourth-order valence-corrected chi connectivity index (χ4v) is 4.23. The van der Waals surface area contributed by atoms with Crippen molar-refractivity contribution in [1.29, 1.82) is 0 Å². The molecule has 3 rings (SSSR count). The molecule has 2 heterocycles. The molecule has 0 aliphatic rings. The Hall–Kier alpha value is -3.07. The number of imidazole rings is 1. The van der Waals surface area contributed by atoms with Crippen molar-refractivity contribution in [2.45, 2.75) is 18.7 Å². The van der Waals surface area contributed by atoms with Crippen LogP contribution in [0, 0.1) is 19.7 Å². The molecular weight excluding hydrogens is 371 g/mol. The summed E-state index contributed by atoms with van der Waals surface area (Å²) in [7, 11) is -2.52. The number of sulfonamides is 1. The van der Waals surface area contributed by atoms with Gasteiger partial charge in [0.05, 0.1) is 4.90 Å². The summed E-state index contributed by atoms with van der Waals surface area (Å²) in [5.74, 6) is -1.39. The summed E-state index contributed by atoms with van der Waals surface area (Å²) in [5.41, 5.74) is 0.851. The first-order valence-electron chi connectivity index (χ1n) is 7.98. The van der Waals surface area contributed by atoms with E-state index in [1.165, 1.54) is 29.1 Å². The highest BCUT2D eigenvalue weighted by atomic mass is 32.2. The summed E-state index contributed by atoms with van der Waals surface area (Å²) < 4.78 is 42.6. The fourth-order valence-electron chi connectivity index (χ4n) is 2.79. The van der Waals surface area contributed by atoms with Gasteiger partial charge in [0, 0.05) is 19.4 Å². The number of hydrogen-bond donors (Lipinski definition) is 1. The largest absolute Gasteiger partial charge is 0.332 e. The molecule has 2 aromatic heterocycles. The number of halogens is 1. The molecule has 0 spiro atoms. The predicted octanol–water partition coefficient (Wildman–Crippen LogP) is 2.36. The lowest BCUT2D eigenvalue weighted by atomic mass is 10.2. The van der Waals surface area contributed by atoms with Gasteiger partial charge in [0.2, 0.25) is 0 Å². The maximum atomic E-state index is 13.9. The number of pyridine rings is 1. The Bertz CT molecular complexity index is 1120. The Balaban J connectivity index is 1.94. The first-order valence-corrected chi connectivity index (χ1v) is 9.46. The van der Waals surface area contributed by atoms with Crippen LogP contribution >= 0.6 is 0 Å². The fraction of sp³-hybridized carbons (Fsp3) is 0.167. The summed E-state index contributed by atoms with van der Waals surface area (Å²) in [4.78, 5) is 20.5. The molecule has 9 heteroatoms. The molecule has 140 valence electrons. The third kappa shape index (κ3) is 3.59. The highest BCUT2D eigenvalue weighted by Gasteiger charge is 2.25. The van der Waals surface area contributed by atoms with Crippen molar-refractivity contribution in [2.24, 2.45) is 7.05 Å². The molecule has 0 atom stereocenters. The van der Waals surface area contributed by atoms with Crippen LogP contribution < -0.4 is 4.72 Å². The van der Waals surface area contributed by atoms with Crippen molar-refractivity contribution < 1.29 is 17.6 Å². The second kappa shape index (κ2) is 6.92. The molecule has 0 unspecified atom stereocenters. The molecule has 0 fully saturated rings. The van der Waals surface area contributed by atoms with E-state index in [1.54, 1.807) is 39.1 Å². The van der Waals surface area contributed by atoms with Gasteiger partial charge in [0.1, 0.15) is 11.4 Å². The van der Waals surface area contributed by atoms with Gasteiger partial charge in [-0.15, -0.1) is 0 Å². The van der Waals surface area contributed by atoms with Crippen LogP contribution in [0.2, 0.25) is 0 Å². The number of benzene rings is 1. The molecule has 7 nitrogen and oxygen atoms in total. The number of hydrogen-bond acceptors (Lipinski definition) is 5. The minimum Gasteiger partial charge on any atom is -0.332 e. The van der Waals surface area contributed by atoms with E-state index < -0.39 is 21.7 Å². The zero-order valence-electron chi connectivity index (χ0n) is 14.9. The van der Waals surface area contributed by atoms with Gasteiger partial charge in [-0.3, -0.25) is 4.79 Å². The third-order valence-corrected chi connectivity index (χ3v) is 5.62. The van der Waals surface area contributed by atoms with E-state index in [9.17, 15) is 17.6 Å². The molecule has 1 amide bonds. The molecule has 0 radical (unpaired) electrons. The Labute approximate surface area is 156 Å². The number of carbonyl (C=O) groups excluding carboxylic acids is 1. The third-order valence-electron chi connectivity index (χ3n) is 3.98. The van der Waals surface area contributed by atoms with E-state index in [-0.39, 0.29) is 22.1 Å². The SMILES string of the molecule is Cc1cccc(C)c1S(=O)(=O)NC(=O)c1cn(C)c(-c2ncccc2F)n1. The van der Waals surface area contributed by atoms with Crippen molar-refractivity contribution in [3.63, 3.8) is 0 Å². The Morgan fingerprint density at radius 2 is 1.81 bits per heavy atom.